The van der Waals surface area contributed by atoms with Gasteiger partial charge in [0, 0.05) is 49.4 Å². The number of aromatic nitrogens is 2. The van der Waals surface area contributed by atoms with Crippen molar-refractivity contribution in [3.8, 4) is 5.69 Å². The van der Waals surface area contributed by atoms with Gasteiger partial charge in [-0.15, -0.1) is 24.0 Å². The van der Waals surface area contributed by atoms with Gasteiger partial charge < -0.3 is 15.0 Å². The number of aliphatic imine (C=N–C) groups is 1. The molecule has 0 radical (unpaired) electrons. The second-order valence-electron chi connectivity index (χ2n) is 6.50. The van der Waals surface area contributed by atoms with E-state index < -0.39 is 0 Å². The molecule has 0 spiro atoms. The molecular formula is C19H27ClIN5O. The van der Waals surface area contributed by atoms with Crippen LogP contribution in [0.5, 0.6) is 0 Å². The summed E-state index contributed by atoms with van der Waals surface area (Å²) >= 11 is 5.94. The minimum Gasteiger partial charge on any atom is -0.384 e. The molecule has 1 unspecified atom stereocenters. The molecule has 0 amide bonds. The Hall–Kier alpha value is -1.32. The number of benzene rings is 1. The van der Waals surface area contributed by atoms with E-state index in [4.69, 9.17) is 21.3 Å². The molecule has 3 rings (SSSR count). The molecule has 1 N–H and O–H groups in total. The van der Waals surface area contributed by atoms with Gasteiger partial charge in [0.05, 0.1) is 25.0 Å². The second-order valence-corrected chi connectivity index (χ2v) is 6.93. The van der Waals surface area contributed by atoms with Crippen LogP contribution in [0.3, 0.4) is 0 Å². The normalized spacial score (nSPS) is 17.1. The van der Waals surface area contributed by atoms with E-state index >= 15 is 0 Å². The van der Waals surface area contributed by atoms with Crippen LogP contribution in [-0.2, 0) is 11.3 Å². The first-order valence-corrected chi connectivity index (χ1v) is 9.39. The molecule has 1 aromatic heterocycles. The van der Waals surface area contributed by atoms with E-state index in [9.17, 15) is 0 Å². The summed E-state index contributed by atoms with van der Waals surface area (Å²) in [7, 11) is 1.76. The van der Waals surface area contributed by atoms with Crippen LogP contribution in [0.4, 0.5) is 0 Å². The van der Waals surface area contributed by atoms with Gasteiger partial charge in [-0.1, -0.05) is 11.6 Å². The van der Waals surface area contributed by atoms with Gasteiger partial charge in [0.15, 0.2) is 5.96 Å². The summed E-state index contributed by atoms with van der Waals surface area (Å²) in [5, 5.41) is 8.54. The molecule has 27 heavy (non-hydrogen) atoms. The maximum atomic E-state index is 5.94. The third-order valence-electron chi connectivity index (χ3n) is 4.46. The standard InChI is InChI=1S/C19H26ClN5O.HI/c1-3-21-19(24-9-8-15(12-24)14-26-2)22-10-16-11-23-25(13-16)18-6-4-17(20)5-7-18;/h4-7,11,13,15H,3,8-10,12,14H2,1-2H3,(H,21,22);1H. The molecule has 148 valence electrons. The first kappa shape index (κ1) is 22.0. The van der Waals surface area contributed by atoms with E-state index in [1.807, 2.05) is 41.3 Å². The van der Waals surface area contributed by atoms with Gasteiger partial charge in [0.1, 0.15) is 0 Å². The van der Waals surface area contributed by atoms with Gasteiger partial charge in [-0.05, 0) is 37.6 Å². The van der Waals surface area contributed by atoms with Crippen LogP contribution in [0, 0.1) is 5.92 Å². The first-order valence-electron chi connectivity index (χ1n) is 9.01. The quantitative estimate of drug-likeness (QED) is 0.372. The van der Waals surface area contributed by atoms with Crippen LogP contribution in [-0.4, -0.2) is 54.0 Å². The van der Waals surface area contributed by atoms with Crippen molar-refractivity contribution in [2.45, 2.75) is 19.9 Å². The Morgan fingerprint density at radius 2 is 2.15 bits per heavy atom. The van der Waals surface area contributed by atoms with Crippen LogP contribution in [0.1, 0.15) is 18.9 Å². The van der Waals surface area contributed by atoms with Gasteiger partial charge in [-0.3, -0.25) is 0 Å². The Labute approximate surface area is 183 Å². The van der Waals surface area contributed by atoms with Crippen LogP contribution >= 0.6 is 35.6 Å². The Bertz CT molecular complexity index is 734. The fraction of sp³-hybridized carbons (Fsp3) is 0.474. The molecule has 2 aromatic rings. The number of methoxy groups -OCH3 is 1. The maximum Gasteiger partial charge on any atom is 0.194 e. The highest BCUT2D eigenvalue weighted by Gasteiger charge is 2.24. The van der Waals surface area contributed by atoms with Gasteiger partial charge in [-0.25, -0.2) is 9.67 Å². The molecule has 1 fully saturated rings. The highest BCUT2D eigenvalue weighted by Crippen LogP contribution is 2.17. The van der Waals surface area contributed by atoms with Crippen LogP contribution in [0.25, 0.3) is 5.69 Å². The minimum absolute atomic E-state index is 0. The number of nitrogens with zero attached hydrogens (tertiary/aromatic N) is 4. The van der Waals surface area contributed by atoms with Crippen molar-refractivity contribution < 1.29 is 4.74 Å². The number of likely N-dealkylation sites (tertiary alicyclic amines) is 1. The lowest BCUT2D eigenvalue weighted by molar-refractivity contribution is 0.157. The Kier molecular flexibility index (Phi) is 8.85. The third-order valence-corrected chi connectivity index (χ3v) is 4.71. The van der Waals surface area contributed by atoms with Crippen LogP contribution in [0.2, 0.25) is 5.02 Å². The Morgan fingerprint density at radius 1 is 1.37 bits per heavy atom. The Balaban J connectivity index is 0.00000261. The van der Waals surface area contributed by atoms with Crippen LogP contribution in [0.15, 0.2) is 41.7 Å². The zero-order chi connectivity index (χ0) is 18.4. The summed E-state index contributed by atoms with van der Waals surface area (Å²) in [6.45, 7) is 6.36. The number of ether oxygens (including phenoxy) is 1. The highest BCUT2D eigenvalue weighted by atomic mass is 127. The molecule has 1 aliphatic rings. The molecular weight excluding hydrogens is 477 g/mol. The number of nitrogens with one attached hydrogen (secondary N) is 1. The topological polar surface area (TPSA) is 54.7 Å². The molecule has 0 saturated carbocycles. The van der Waals surface area contributed by atoms with Gasteiger partial charge >= 0.3 is 0 Å². The zero-order valence-electron chi connectivity index (χ0n) is 15.8. The van der Waals surface area contributed by atoms with E-state index in [1.165, 1.54) is 0 Å². The SMILES string of the molecule is CCNC(=NCc1cnn(-c2ccc(Cl)cc2)c1)N1CCC(COC)C1.I. The van der Waals surface area contributed by atoms with E-state index in [0.29, 0.717) is 12.5 Å². The fourth-order valence-electron chi connectivity index (χ4n) is 3.17. The summed E-state index contributed by atoms with van der Waals surface area (Å²) in [6, 6.07) is 7.63. The maximum absolute atomic E-state index is 5.94. The molecule has 0 bridgehead atoms. The van der Waals surface area contributed by atoms with Gasteiger partial charge in [0.25, 0.3) is 0 Å². The zero-order valence-corrected chi connectivity index (χ0v) is 18.9. The molecule has 1 saturated heterocycles. The van der Waals surface area contributed by atoms with E-state index in [2.05, 4.69) is 22.2 Å². The fourth-order valence-corrected chi connectivity index (χ4v) is 3.29. The van der Waals surface area contributed by atoms with Crippen molar-refractivity contribution in [1.82, 2.24) is 20.0 Å². The number of hydrogen-bond donors (Lipinski definition) is 1. The lowest BCUT2D eigenvalue weighted by atomic mass is 10.1. The van der Waals surface area contributed by atoms with E-state index in [-0.39, 0.29) is 24.0 Å². The summed E-state index contributed by atoms with van der Waals surface area (Å²) < 4.78 is 7.13. The number of halogens is 2. The first-order chi connectivity index (χ1) is 12.7. The van der Waals surface area contributed by atoms with Crippen molar-refractivity contribution in [3.63, 3.8) is 0 Å². The highest BCUT2D eigenvalue weighted by molar-refractivity contribution is 14.0. The predicted molar refractivity (Wildman–Crippen MR) is 120 cm³/mol. The van der Waals surface area contributed by atoms with Crippen molar-refractivity contribution in [3.05, 3.63) is 47.2 Å². The van der Waals surface area contributed by atoms with E-state index in [1.54, 1.807) is 7.11 Å². The Morgan fingerprint density at radius 3 is 2.85 bits per heavy atom. The molecule has 6 nitrogen and oxygen atoms in total. The molecule has 2 heterocycles. The van der Waals surface area contributed by atoms with Crippen molar-refractivity contribution in [1.29, 1.82) is 0 Å². The van der Waals surface area contributed by atoms with Crippen molar-refractivity contribution in [2.24, 2.45) is 10.9 Å². The molecule has 1 atom stereocenters. The van der Waals surface area contributed by atoms with Gasteiger partial charge in [-0.2, -0.15) is 5.10 Å². The van der Waals surface area contributed by atoms with Crippen molar-refractivity contribution >= 4 is 41.5 Å². The summed E-state index contributed by atoms with van der Waals surface area (Å²) in [4.78, 5) is 7.11. The molecule has 1 aromatic carbocycles. The average Bonchev–Trinajstić information content (AvgIpc) is 3.29. The third kappa shape index (κ3) is 6.08. The number of guanidine groups is 1. The predicted octanol–water partition coefficient (Wildman–Crippen LogP) is 3.58. The summed E-state index contributed by atoms with van der Waals surface area (Å²) in [5.41, 5.74) is 2.06. The van der Waals surface area contributed by atoms with Crippen LogP contribution < -0.4 is 5.32 Å². The minimum atomic E-state index is 0. The lowest BCUT2D eigenvalue weighted by Gasteiger charge is -2.21. The molecule has 8 heteroatoms. The lowest BCUT2D eigenvalue weighted by Crippen LogP contribution is -2.40. The van der Waals surface area contributed by atoms with Gasteiger partial charge in [0.2, 0.25) is 0 Å². The van der Waals surface area contributed by atoms with Crippen molar-refractivity contribution in [2.75, 3.05) is 33.4 Å². The smallest absolute Gasteiger partial charge is 0.194 e. The average molecular weight is 504 g/mol. The largest absolute Gasteiger partial charge is 0.384 e. The van der Waals surface area contributed by atoms with E-state index in [0.717, 1.165) is 54.9 Å². The molecule has 1 aliphatic heterocycles. The number of hydrogen-bond acceptors (Lipinski definition) is 3. The second kappa shape index (κ2) is 10.9. The monoisotopic (exact) mass is 503 g/mol. The molecule has 0 aliphatic carbocycles. The summed E-state index contributed by atoms with van der Waals surface area (Å²) in [6.07, 6.45) is 5.01. The summed E-state index contributed by atoms with van der Waals surface area (Å²) in [5.74, 6) is 1.54. The number of rotatable bonds is 6.